The summed E-state index contributed by atoms with van der Waals surface area (Å²) in [4.78, 5) is 11.0. The Bertz CT molecular complexity index is 725. The lowest BCUT2D eigenvalue weighted by Crippen LogP contribution is -2.12. The summed E-state index contributed by atoms with van der Waals surface area (Å²) in [6.07, 6.45) is 0. The summed E-state index contributed by atoms with van der Waals surface area (Å²) >= 11 is 11.0. The van der Waals surface area contributed by atoms with E-state index in [-0.39, 0.29) is 4.90 Å². The number of sulfonamides is 1. The number of nitrogens with one attached hydrogen (secondary N) is 1. The second kappa shape index (κ2) is 5.83. The van der Waals surface area contributed by atoms with E-state index in [1.165, 1.54) is 48.5 Å². The first kappa shape index (κ1) is 14.8. The Morgan fingerprint density at radius 1 is 0.950 bits per heavy atom. The monoisotopic (exact) mass is 329 g/mol. The van der Waals surface area contributed by atoms with Crippen LogP contribution in [0.3, 0.4) is 0 Å². The van der Waals surface area contributed by atoms with Crippen LogP contribution in [0.15, 0.2) is 53.4 Å². The number of carbonyl (C=O) groups is 1. The number of benzene rings is 2. The SMILES string of the molecule is O=C(Cl)c1ccc(NS(=O)(=O)c2ccc(Cl)cc2)cc1. The molecule has 1 N–H and O–H groups in total. The second-order valence-electron chi connectivity index (χ2n) is 3.91. The maximum atomic E-state index is 12.1. The van der Waals surface area contributed by atoms with E-state index in [9.17, 15) is 13.2 Å². The van der Waals surface area contributed by atoms with Crippen molar-refractivity contribution in [3.05, 3.63) is 59.1 Å². The Balaban J connectivity index is 2.24. The quantitative estimate of drug-likeness (QED) is 0.873. The van der Waals surface area contributed by atoms with Gasteiger partial charge >= 0.3 is 0 Å². The van der Waals surface area contributed by atoms with Gasteiger partial charge in [-0.05, 0) is 60.1 Å². The van der Waals surface area contributed by atoms with Crippen molar-refractivity contribution < 1.29 is 13.2 Å². The predicted octanol–water partition coefficient (Wildman–Crippen LogP) is 3.52. The van der Waals surface area contributed by atoms with Crippen LogP contribution in [-0.2, 0) is 10.0 Å². The maximum absolute atomic E-state index is 12.1. The highest BCUT2D eigenvalue weighted by Gasteiger charge is 2.14. The number of rotatable bonds is 4. The first-order chi connectivity index (χ1) is 9.38. The van der Waals surface area contributed by atoms with Crippen molar-refractivity contribution in [1.29, 1.82) is 0 Å². The third-order valence-electron chi connectivity index (χ3n) is 2.49. The fourth-order valence-electron chi connectivity index (χ4n) is 1.50. The molecule has 104 valence electrons. The van der Waals surface area contributed by atoms with Gasteiger partial charge in [-0.1, -0.05) is 11.6 Å². The lowest BCUT2D eigenvalue weighted by atomic mass is 10.2. The van der Waals surface area contributed by atoms with E-state index in [2.05, 4.69) is 4.72 Å². The first-order valence-corrected chi connectivity index (χ1v) is 7.71. The Morgan fingerprint density at radius 2 is 1.50 bits per heavy atom. The molecule has 0 unspecified atom stereocenters. The van der Waals surface area contributed by atoms with Crippen molar-refractivity contribution >= 4 is 44.2 Å². The number of hydrogen-bond acceptors (Lipinski definition) is 3. The molecule has 0 radical (unpaired) electrons. The van der Waals surface area contributed by atoms with Crippen molar-refractivity contribution in [2.24, 2.45) is 0 Å². The number of hydrogen-bond donors (Lipinski definition) is 1. The molecular weight excluding hydrogens is 321 g/mol. The number of halogens is 2. The van der Waals surface area contributed by atoms with Gasteiger partial charge in [0, 0.05) is 16.3 Å². The van der Waals surface area contributed by atoms with Crippen LogP contribution in [-0.4, -0.2) is 13.7 Å². The number of carbonyl (C=O) groups excluding carboxylic acids is 1. The summed E-state index contributed by atoms with van der Waals surface area (Å²) in [6, 6.07) is 11.6. The molecule has 2 aromatic carbocycles. The average Bonchev–Trinajstić information content (AvgIpc) is 2.39. The van der Waals surface area contributed by atoms with Gasteiger partial charge in [0.1, 0.15) is 0 Å². The highest BCUT2D eigenvalue weighted by atomic mass is 35.5. The van der Waals surface area contributed by atoms with Crippen LogP contribution in [0.4, 0.5) is 5.69 Å². The van der Waals surface area contributed by atoms with Gasteiger partial charge < -0.3 is 0 Å². The minimum atomic E-state index is -3.69. The van der Waals surface area contributed by atoms with E-state index < -0.39 is 15.3 Å². The van der Waals surface area contributed by atoms with E-state index in [0.29, 0.717) is 16.3 Å². The summed E-state index contributed by atoms with van der Waals surface area (Å²) in [7, 11) is -3.69. The minimum Gasteiger partial charge on any atom is -0.280 e. The van der Waals surface area contributed by atoms with E-state index in [0.717, 1.165) is 0 Å². The van der Waals surface area contributed by atoms with Crippen LogP contribution in [0.2, 0.25) is 5.02 Å². The fourth-order valence-corrected chi connectivity index (χ4v) is 2.81. The average molecular weight is 330 g/mol. The zero-order valence-corrected chi connectivity index (χ0v) is 12.3. The molecule has 0 aliphatic rings. The molecule has 0 heterocycles. The zero-order chi connectivity index (χ0) is 14.8. The van der Waals surface area contributed by atoms with Gasteiger partial charge in [-0.3, -0.25) is 9.52 Å². The summed E-state index contributed by atoms with van der Waals surface area (Å²) in [5.74, 6) is 0. The van der Waals surface area contributed by atoms with Gasteiger partial charge in [0.25, 0.3) is 15.3 Å². The second-order valence-corrected chi connectivity index (χ2v) is 6.37. The van der Waals surface area contributed by atoms with E-state index in [4.69, 9.17) is 23.2 Å². The van der Waals surface area contributed by atoms with E-state index in [1.807, 2.05) is 0 Å². The molecule has 0 amide bonds. The third-order valence-corrected chi connectivity index (χ3v) is 4.36. The van der Waals surface area contributed by atoms with Gasteiger partial charge in [-0.25, -0.2) is 8.42 Å². The molecular formula is C13H9Cl2NO3S. The van der Waals surface area contributed by atoms with Crippen LogP contribution < -0.4 is 4.72 Å². The molecule has 0 spiro atoms. The van der Waals surface area contributed by atoms with Gasteiger partial charge in [0.05, 0.1) is 4.90 Å². The lowest BCUT2D eigenvalue weighted by Gasteiger charge is -2.08. The zero-order valence-electron chi connectivity index (χ0n) is 10.0. The van der Waals surface area contributed by atoms with Crippen molar-refractivity contribution in [3.8, 4) is 0 Å². The fraction of sp³-hybridized carbons (Fsp3) is 0. The van der Waals surface area contributed by atoms with E-state index >= 15 is 0 Å². The van der Waals surface area contributed by atoms with Gasteiger partial charge in [0.2, 0.25) is 0 Å². The van der Waals surface area contributed by atoms with Gasteiger partial charge in [-0.15, -0.1) is 0 Å². The molecule has 4 nitrogen and oxygen atoms in total. The molecule has 0 saturated carbocycles. The molecule has 0 bridgehead atoms. The molecule has 0 aliphatic carbocycles. The molecule has 7 heteroatoms. The predicted molar refractivity (Wildman–Crippen MR) is 78.9 cm³/mol. The van der Waals surface area contributed by atoms with Crippen molar-refractivity contribution in [2.75, 3.05) is 4.72 Å². The standard InChI is InChI=1S/C13H9Cl2NO3S/c14-10-3-7-12(8-4-10)20(18,19)16-11-5-1-9(2-6-11)13(15)17/h1-8,16H. The maximum Gasteiger partial charge on any atom is 0.261 e. The van der Waals surface area contributed by atoms with Gasteiger partial charge in [-0.2, -0.15) is 0 Å². The summed E-state index contributed by atoms with van der Waals surface area (Å²) < 4.78 is 26.6. The summed E-state index contributed by atoms with van der Waals surface area (Å²) in [6.45, 7) is 0. The number of anilines is 1. The molecule has 2 rings (SSSR count). The molecule has 2 aromatic rings. The topological polar surface area (TPSA) is 63.2 Å². The Kier molecular flexibility index (Phi) is 4.32. The Labute approximate surface area is 126 Å². The van der Waals surface area contributed by atoms with Crippen molar-refractivity contribution in [1.82, 2.24) is 0 Å². The lowest BCUT2D eigenvalue weighted by molar-refractivity contribution is 0.108. The third kappa shape index (κ3) is 3.50. The Morgan fingerprint density at radius 3 is 2.00 bits per heavy atom. The van der Waals surface area contributed by atoms with Gasteiger partial charge in [0.15, 0.2) is 0 Å². The van der Waals surface area contributed by atoms with Crippen LogP contribution in [0, 0.1) is 0 Å². The van der Waals surface area contributed by atoms with Crippen LogP contribution in [0.5, 0.6) is 0 Å². The molecule has 0 saturated heterocycles. The molecule has 0 aromatic heterocycles. The first-order valence-electron chi connectivity index (χ1n) is 5.47. The highest BCUT2D eigenvalue weighted by Crippen LogP contribution is 2.19. The molecule has 20 heavy (non-hydrogen) atoms. The molecule has 0 aliphatic heterocycles. The smallest absolute Gasteiger partial charge is 0.261 e. The van der Waals surface area contributed by atoms with E-state index in [1.54, 1.807) is 0 Å². The molecule has 0 fully saturated rings. The highest BCUT2D eigenvalue weighted by molar-refractivity contribution is 7.92. The van der Waals surface area contributed by atoms with Crippen LogP contribution >= 0.6 is 23.2 Å². The normalized spacial score (nSPS) is 11.1. The van der Waals surface area contributed by atoms with Crippen LogP contribution in [0.25, 0.3) is 0 Å². The van der Waals surface area contributed by atoms with Crippen molar-refractivity contribution in [3.63, 3.8) is 0 Å². The largest absolute Gasteiger partial charge is 0.280 e. The molecule has 0 atom stereocenters. The minimum absolute atomic E-state index is 0.0967. The van der Waals surface area contributed by atoms with Crippen LogP contribution in [0.1, 0.15) is 10.4 Å². The Hall–Kier alpha value is -1.56. The summed E-state index contributed by atoms with van der Waals surface area (Å²) in [5.41, 5.74) is 0.628. The summed E-state index contributed by atoms with van der Waals surface area (Å²) in [5, 5.41) is -0.147. The van der Waals surface area contributed by atoms with Crippen molar-refractivity contribution in [2.45, 2.75) is 4.90 Å².